The molecule has 9 heteroatoms. The van der Waals surface area contributed by atoms with Gasteiger partial charge < -0.3 is 10.6 Å². The number of rotatable bonds is 6. The zero-order chi connectivity index (χ0) is 13.5. The van der Waals surface area contributed by atoms with Crippen molar-refractivity contribution in [3.05, 3.63) is 11.9 Å². The Bertz CT molecular complexity index is 383. The fourth-order valence-corrected chi connectivity index (χ4v) is 2.33. The van der Waals surface area contributed by atoms with Crippen LogP contribution in [0.2, 0.25) is 0 Å². The lowest BCUT2D eigenvalue weighted by Crippen LogP contribution is -2.45. The molecule has 0 atom stereocenters. The van der Waals surface area contributed by atoms with E-state index in [0.29, 0.717) is 25.6 Å². The Morgan fingerprint density at radius 3 is 2.76 bits per heavy atom. The topological polar surface area (TPSA) is 85.9 Å². The van der Waals surface area contributed by atoms with E-state index in [-0.39, 0.29) is 30.7 Å². The zero-order valence-electron chi connectivity index (χ0n) is 12.2. The highest BCUT2D eigenvalue weighted by atomic mass is 35.5. The average Bonchev–Trinajstić information content (AvgIpc) is 2.93. The second kappa shape index (κ2) is 10.8. The number of aromatic amines is 1. The Kier molecular flexibility index (Phi) is 10.3. The number of carbonyl (C=O) groups excluding carboxylic acids is 1. The number of hydrogen-bond acceptors (Lipinski definition) is 5. The molecule has 0 bridgehead atoms. The van der Waals surface area contributed by atoms with Crippen molar-refractivity contribution < 1.29 is 4.79 Å². The number of nitrogens with one attached hydrogen (secondary N) is 3. The molecule has 2 heterocycles. The number of amides is 1. The van der Waals surface area contributed by atoms with Gasteiger partial charge in [-0.25, -0.2) is 0 Å². The monoisotopic (exact) mass is 338 g/mol. The molecule has 1 aliphatic rings. The van der Waals surface area contributed by atoms with Crippen LogP contribution in [0, 0.1) is 0 Å². The number of carbonyl (C=O) groups is 1. The number of hydrogen-bond donors (Lipinski definition) is 3. The Labute approximate surface area is 137 Å². The van der Waals surface area contributed by atoms with Crippen LogP contribution in [0.25, 0.3) is 0 Å². The van der Waals surface area contributed by atoms with Crippen LogP contribution in [0.15, 0.2) is 6.20 Å². The van der Waals surface area contributed by atoms with Gasteiger partial charge in [-0.2, -0.15) is 15.4 Å². The molecule has 0 saturated carbocycles. The first-order chi connectivity index (χ1) is 9.25. The largest absolute Gasteiger partial charge is 0.355 e. The van der Waals surface area contributed by atoms with Crippen molar-refractivity contribution >= 4 is 30.7 Å². The first-order valence-electron chi connectivity index (χ1n) is 6.78. The molecule has 1 fully saturated rings. The summed E-state index contributed by atoms with van der Waals surface area (Å²) in [6.45, 7) is 3.15. The summed E-state index contributed by atoms with van der Waals surface area (Å²) in [5, 5.41) is 16.5. The van der Waals surface area contributed by atoms with Crippen molar-refractivity contribution in [3.63, 3.8) is 0 Å². The number of piperidine rings is 1. The third-order valence-corrected chi connectivity index (χ3v) is 3.49. The van der Waals surface area contributed by atoms with Gasteiger partial charge >= 0.3 is 0 Å². The molecule has 1 aromatic heterocycles. The van der Waals surface area contributed by atoms with E-state index >= 15 is 0 Å². The third-order valence-electron chi connectivity index (χ3n) is 3.49. The minimum Gasteiger partial charge on any atom is -0.355 e. The van der Waals surface area contributed by atoms with Crippen molar-refractivity contribution in [2.24, 2.45) is 0 Å². The molecule has 1 aliphatic heterocycles. The number of aromatic nitrogens is 3. The Morgan fingerprint density at radius 2 is 2.14 bits per heavy atom. The van der Waals surface area contributed by atoms with E-state index in [2.05, 4.69) is 30.9 Å². The average molecular weight is 339 g/mol. The number of H-pyrrole nitrogens is 1. The molecular weight excluding hydrogens is 315 g/mol. The van der Waals surface area contributed by atoms with Gasteiger partial charge in [0, 0.05) is 19.0 Å². The van der Waals surface area contributed by atoms with Gasteiger partial charge in [0.1, 0.15) is 0 Å². The molecular formula is C12H24Cl2N6O. The molecule has 1 saturated heterocycles. The second-order valence-corrected chi connectivity index (χ2v) is 4.96. The highest BCUT2D eigenvalue weighted by molar-refractivity contribution is 5.85. The SMILES string of the molecule is CN(CC(=O)NCCc1cn[nH]n1)C1CCNCC1.Cl.Cl. The van der Waals surface area contributed by atoms with E-state index in [1.165, 1.54) is 0 Å². The van der Waals surface area contributed by atoms with E-state index < -0.39 is 0 Å². The quantitative estimate of drug-likeness (QED) is 0.679. The van der Waals surface area contributed by atoms with Crippen LogP contribution in [0.3, 0.4) is 0 Å². The minimum atomic E-state index is 0. The van der Waals surface area contributed by atoms with Gasteiger partial charge in [-0.05, 0) is 33.0 Å². The summed E-state index contributed by atoms with van der Waals surface area (Å²) in [5.74, 6) is 0.0736. The zero-order valence-corrected chi connectivity index (χ0v) is 13.8. The maximum Gasteiger partial charge on any atom is 0.234 e. The molecule has 0 unspecified atom stereocenters. The van der Waals surface area contributed by atoms with Crippen molar-refractivity contribution in [3.8, 4) is 0 Å². The van der Waals surface area contributed by atoms with Gasteiger partial charge in [-0.1, -0.05) is 0 Å². The Morgan fingerprint density at radius 1 is 1.43 bits per heavy atom. The number of nitrogens with zero attached hydrogens (tertiary/aromatic N) is 3. The molecule has 21 heavy (non-hydrogen) atoms. The van der Waals surface area contributed by atoms with Crippen LogP contribution < -0.4 is 10.6 Å². The van der Waals surface area contributed by atoms with Crippen LogP contribution in [0.4, 0.5) is 0 Å². The fourth-order valence-electron chi connectivity index (χ4n) is 2.33. The van der Waals surface area contributed by atoms with Gasteiger partial charge in [0.05, 0.1) is 18.4 Å². The normalized spacial score (nSPS) is 15.1. The van der Waals surface area contributed by atoms with Gasteiger partial charge in [0.2, 0.25) is 5.91 Å². The predicted molar refractivity (Wildman–Crippen MR) is 86.1 cm³/mol. The highest BCUT2D eigenvalue weighted by Crippen LogP contribution is 2.08. The lowest BCUT2D eigenvalue weighted by Gasteiger charge is -2.31. The molecule has 1 amide bonds. The van der Waals surface area contributed by atoms with Gasteiger partial charge in [-0.3, -0.25) is 9.69 Å². The third kappa shape index (κ3) is 7.08. The van der Waals surface area contributed by atoms with Crippen LogP contribution >= 0.6 is 24.8 Å². The maximum absolute atomic E-state index is 11.8. The van der Waals surface area contributed by atoms with E-state index in [0.717, 1.165) is 31.6 Å². The Hall–Kier alpha value is -0.890. The summed E-state index contributed by atoms with van der Waals surface area (Å²) in [6, 6.07) is 0.516. The number of likely N-dealkylation sites (N-methyl/N-ethyl adjacent to an activating group) is 1. The van der Waals surface area contributed by atoms with Crippen LogP contribution in [-0.2, 0) is 11.2 Å². The molecule has 122 valence electrons. The van der Waals surface area contributed by atoms with E-state index in [1.54, 1.807) is 6.20 Å². The van der Waals surface area contributed by atoms with E-state index in [4.69, 9.17) is 0 Å². The molecule has 0 radical (unpaired) electrons. The van der Waals surface area contributed by atoms with Gasteiger partial charge in [0.15, 0.2) is 0 Å². The van der Waals surface area contributed by atoms with Crippen molar-refractivity contribution in [1.29, 1.82) is 0 Å². The number of halogens is 2. The first-order valence-corrected chi connectivity index (χ1v) is 6.78. The highest BCUT2D eigenvalue weighted by Gasteiger charge is 2.19. The fraction of sp³-hybridized carbons (Fsp3) is 0.750. The van der Waals surface area contributed by atoms with Crippen LogP contribution in [0.5, 0.6) is 0 Å². The molecule has 3 N–H and O–H groups in total. The lowest BCUT2D eigenvalue weighted by atomic mass is 10.1. The summed E-state index contributed by atoms with van der Waals surface area (Å²) in [7, 11) is 2.02. The molecule has 0 aromatic carbocycles. The summed E-state index contributed by atoms with van der Waals surface area (Å²) in [5.41, 5.74) is 0.868. The maximum atomic E-state index is 11.8. The van der Waals surface area contributed by atoms with E-state index in [9.17, 15) is 4.79 Å². The minimum absolute atomic E-state index is 0. The summed E-state index contributed by atoms with van der Waals surface area (Å²) in [4.78, 5) is 14.0. The summed E-state index contributed by atoms with van der Waals surface area (Å²) in [6.07, 6.45) is 4.61. The standard InChI is InChI=1S/C12H22N6O.2ClH/c1-18(11-3-5-13-6-4-11)9-12(19)14-7-2-10-8-15-17-16-10;;/h8,11,13H,2-7,9H2,1H3,(H,14,19)(H,15,16,17);2*1H. The van der Waals surface area contributed by atoms with E-state index in [1.807, 2.05) is 7.05 Å². The smallest absolute Gasteiger partial charge is 0.234 e. The lowest BCUT2D eigenvalue weighted by molar-refractivity contribution is -0.122. The van der Waals surface area contributed by atoms with Crippen molar-refractivity contribution in [2.75, 3.05) is 33.2 Å². The molecule has 2 rings (SSSR count). The van der Waals surface area contributed by atoms with Crippen LogP contribution in [0.1, 0.15) is 18.5 Å². The Balaban J connectivity index is 0.00000200. The molecule has 0 aliphatic carbocycles. The summed E-state index contributed by atoms with van der Waals surface area (Å²) >= 11 is 0. The van der Waals surface area contributed by atoms with Crippen LogP contribution in [-0.4, -0.2) is 65.5 Å². The first kappa shape index (κ1) is 20.1. The van der Waals surface area contributed by atoms with Crippen molar-refractivity contribution in [1.82, 2.24) is 30.9 Å². The van der Waals surface area contributed by atoms with Crippen molar-refractivity contribution in [2.45, 2.75) is 25.3 Å². The molecule has 0 spiro atoms. The molecule has 1 aromatic rings. The van der Waals surface area contributed by atoms with Gasteiger partial charge in [0.25, 0.3) is 0 Å². The second-order valence-electron chi connectivity index (χ2n) is 4.96. The predicted octanol–water partition coefficient (Wildman–Crippen LogP) is -0.00920. The summed E-state index contributed by atoms with van der Waals surface area (Å²) < 4.78 is 0. The molecule has 7 nitrogen and oxygen atoms in total. The van der Waals surface area contributed by atoms with Gasteiger partial charge in [-0.15, -0.1) is 24.8 Å².